The molecule has 1 heterocycles. The third-order valence-corrected chi connectivity index (χ3v) is 4.70. The van der Waals surface area contributed by atoms with E-state index in [2.05, 4.69) is 15.0 Å². The second-order valence-electron chi connectivity index (χ2n) is 5.11. The lowest BCUT2D eigenvalue weighted by molar-refractivity contribution is -0.113. The second-order valence-corrected chi connectivity index (χ2v) is 6.89. The molecule has 1 N–H and O–H groups in total. The van der Waals surface area contributed by atoms with Crippen molar-refractivity contribution in [1.29, 1.82) is 0 Å². The van der Waals surface area contributed by atoms with Crippen LogP contribution in [0.4, 0.5) is 5.69 Å². The van der Waals surface area contributed by atoms with Crippen molar-refractivity contribution < 1.29 is 18.7 Å². The number of aromatic nitrogens is 1. The molecule has 3 rings (SSSR count). The Labute approximate surface area is 162 Å². The number of oxazole rings is 1. The number of halogens is 2. The van der Waals surface area contributed by atoms with Crippen LogP contribution in [0.1, 0.15) is 10.4 Å². The summed E-state index contributed by atoms with van der Waals surface area (Å²) in [7, 11) is 1.26. The molecule has 0 atom stereocenters. The van der Waals surface area contributed by atoms with Crippen molar-refractivity contribution in [3.63, 3.8) is 0 Å². The molecule has 1 aromatic heterocycles. The number of nitrogens with zero attached hydrogens (tertiary/aromatic N) is 1. The van der Waals surface area contributed by atoms with Gasteiger partial charge in [-0.3, -0.25) is 4.79 Å². The van der Waals surface area contributed by atoms with Crippen molar-refractivity contribution in [1.82, 2.24) is 4.98 Å². The fourth-order valence-electron chi connectivity index (χ4n) is 2.13. The Morgan fingerprint density at radius 3 is 2.81 bits per heavy atom. The first-order valence-electron chi connectivity index (χ1n) is 7.33. The summed E-state index contributed by atoms with van der Waals surface area (Å²) in [5.74, 6) is -0.782. The molecule has 6 nitrogen and oxygen atoms in total. The largest absolute Gasteiger partial charge is 0.465 e. The monoisotopic (exact) mass is 410 g/mol. The van der Waals surface area contributed by atoms with Gasteiger partial charge in [0, 0.05) is 10.7 Å². The van der Waals surface area contributed by atoms with Crippen LogP contribution in [0.25, 0.3) is 11.1 Å². The van der Waals surface area contributed by atoms with Gasteiger partial charge in [-0.2, -0.15) is 0 Å². The Bertz CT molecular complexity index is 990. The molecule has 0 aliphatic heterocycles. The molecule has 0 aliphatic rings. The summed E-state index contributed by atoms with van der Waals surface area (Å²) in [6.45, 7) is 0. The number of benzene rings is 2. The van der Waals surface area contributed by atoms with Crippen LogP contribution < -0.4 is 5.32 Å². The molecule has 0 spiro atoms. The standard InChI is InChI=1S/C17H12Cl2N2O4S/c1-24-16(23)11-7-10(3-4-12(11)19)20-15(22)8-26-17-21-13-6-9(18)2-5-14(13)25-17/h2-7H,8H2,1H3,(H,20,22). The van der Waals surface area contributed by atoms with Crippen LogP contribution in [-0.2, 0) is 9.53 Å². The zero-order valence-electron chi connectivity index (χ0n) is 13.4. The van der Waals surface area contributed by atoms with Gasteiger partial charge in [0.2, 0.25) is 5.91 Å². The van der Waals surface area contributed by atoms with Crippen molar-refractivity contribution in [2.45, 2.75) is 5.22 Å². The first-order valence-corrected chi connectivity index (χ1v) is 9.07. The number of thioether (sulfide) groups is 1. The van der Waals surface area contributed by atoms with Gasteiger partial charge in [0.05, 0.1) is 23.4 Å². The number of anilines is 1. The SMILES string of the molecule is COC(=O)c1cc(NC(=O)CSc2nc3cc(Cl)ccc3o2)ccc1Cl. The fraction of sp³-hybridized carbons (Fsp3) is 0.118. The van der Waals surface area contributed by atoms with Crippen molar-refractivity contribution in [3.8, 4) is 0 Å². The zero-order chi connectivity index (χ0) is 18.7. The lowest BCUT2D eigenvalue weighted by atomic mass is 10.2. The Morgan fingerprint density at radius 2 is 2.04 bits per heavy atom. The topological polar surface area (TPSA) is 81.4 Å². The molecule has 134 valence electrons. The lowest BCUT2D eigenvalue weighted by Crippen LogP contribution is -2.14. The van der Waals surface area contributed by atoms with Gasteiger partial charge in [-0.25, -0.2) is 9.78 Å². The molecule has 0 aliphatic carbocycles. The number of nitrogens with one attached hydrogen (secondary N) is 1. The van der Waals surface area contributed by atoms with Crippen LogP contribution in [0, 0.1) is 0 Å². The Hall–Kier alpha value is -2.22. The highest BCUT2D eigenvalue weighted by molar-refractivity contribution is 7.99. The van der Waals surface area contributed by atoms with E-state index in [0.29, 0.717) is 27.0 Å². The Kier molecular flexibility index (Phi) is 5.70. The molecule has 0 saturated carbocycles. The summed E-state index contributed by atoms with van der Waals surface area (Å²) in [4.78, 5) is 28.0. The smallest absolute Gasteiger partial charge is 0.339 e. The highest BCUT2D eigenvalue weighted by atomic mass is 35.5. The number of ether oxygens (including phenoxy) is 1. The second kappa shape index (κ2) is 7.99. The minimum absolute atomic E-state index is 0.0801. The minimum Gasteiger partial charge on any atom is -0.465 e. The van der Waals surface area contributed by atoms with Crippen LogP contribution in [-0.4, -0.2) is 29.7 Å². The number of hydrogen-bond acceptors (Lipinski definition) is 6. The molecule has 0 bridgehead atoms. The lowest BCUT2D eigenvalue weighted by Gasteiger charge is -2.07. The maximum Gasteiger partial charge on any atom is 0.339 e. The van der Waals surface area contributed by atoms with Crippen LogP contribution in [0.3, 0.4) is 0 Å². The van der Waals surface area contributed by atoms with Crippen molar-refractivity contribution in [2.75, 3.05) is 18.2 Å². The van der Waals surface area contributed by atoms with Crippen LogP contribution >= 0.6 is 35.0 Å². The molecular formula is C17H12Cl2N2O4S. The van der Waals surface area contributed by atoms with Gasteiger partial charge in [-0.15, -0.1) is 0 Å². The molecule has 1 amide bonds. The molecule has 0 unspecified atom stereocenters. The number of fused-ring (bicyclic) bond motifs is 1. The molecule has 0 fully saturated rings. The number of methoxy groups -OCH3 is 1. The minimum atomic E-state index is -0.578. The van der Waals surface area contributed by atoms with E-state index in [0.717, 1.165) is 11.8 Å². The van der Waals surface area contributed by atoms with E-state index in [1.807, 2.05) is 0 Å². The zero-order valence-corrected chi connectivity index (χ0v) is 15.7. The maximum atomic E-state index is 12.1. The Morgan fingerprint density at radius 1 is 1.23 bits per heavy atom. The van der Waals surface area contributed by atoms with Crippen LogP contribution in [0.15, 0.2) is 46.0 Å². The number of esters is 1. The van der Waals surface area contributed by atoms with Crippen LogP contribution in [0.2, 0.25) is 10.0 Å². The summed E-state index contributed by atoms with van der Waals surface area (Å²) in [6, 6.07) is 9.68. The summed E-state index contributed by atoms with van der Waals surface area (Å²) >= 11 is 13.0. The summed E-state index contributed by atoms with van der Waals surface area (Å²) in [5.41, 5.74) is 1.83. The van der Waals surface area contributed by atoms with Gasteiger partial charge in [-0.05, 0) is 36.4 Å². The van der Waals surface area contributed by atoms with Gasteiger partial charge >= 0.3 is 5.97 Å². The molecule has 0 radical (unpaired) electrons. The number of hydrogen-bond donors (Lipinski definition) is 1. The van der Waals surface area contributed by atoms with Gasteiger partial charge in [0.1, 0.15) is 5.52 Å². The first-order chi connectivity index (χ1) is 12.5. The number of carbonyl (C=O) groups excluding carboxylic acids is 2. The highest BCUT2D eigenvalue weighted by Gasteiger charge is 2.14. The van der Waals surface area contributed by atoms with Crippen LogP contribution in [0.5, 0.6) is 0 Å². The Balaban J connectivity index is 1.64. The average Bonchev–Trinajstić information content (AvgIpc) is 3.03. The fourth-order valence-corrected chi connectivity index (χ4v) is 3.13. The van der Waals surface area contributed by atoms with Crippen molar-refractivity contribution in [2.24, 2.45) is 0 Å². The van der Waals surface area contributed by atoms with E-state index in [1.54, 1.807) is 24.3 Å². The van der Waals surface area contributed by atoms with Gasteiger partial charge in [0.15, 0.2) is 5.58 Å². The van der Waals surface area contributed by atoms with Gasteiger partial charge in [0.25, 0.3) is 5.22 Å². The van der Waals surface area contributed by atoms with E-state index in [1.165, 1.54) is 19.2 Å². The number of amides is 1. The predicted molar refractivity (Wildman–Crippen MR) is 101 cm³/mol. The van der Waals surface area contributed by atoms with E-state index < -0.39 is 5.97 Å². The number of carbonyl (C=O) groups is 2. The average molecular weight is 411 g/mol. The summed E-state index contributed by atoms with van der Waals surface area (Å²) in [6.07, 6.45) is 0. The van der Waals surface area contributed by atoms with E-state index in [9.17, 15) is 9.59 Å². The molecule has 3 aromatic rings. The highest BCUT2D eigenvalue weighted by Crippen LogP contribution is 2.26. The first kappa shape index (κ1) is 18.6. The van der Waals surface area contributed by atoms with E-state index in [4.69, 9.17) is 27.6 Å². The molecular weight excluding hydrogens is 399 g/mol. The molecule has 26 heavy (non-hydrogen) atoms. The third kappa shape index (κ3) is 4.30. The molecule has 2 aromatic carbocycles. The number of rotatable bonds is 5. The summed E-state index contributed by atoms with van der Waals surface area (Å²) in [5, 5.41) is 3.85. The summed E-state index contributed by atoms with van der Waals surface area (Å²) < 4.78 is 10.2. The molecule has 0 saturated heterocycles. The van der Waals surface area contributed by atoms with Crippen molar-refractivity contribution >= 4 is 63.6 Å². The van der Waals surface area contributed by atoms with E-state index in [-0.39, 0.29) is 22.2 Å². The van der Waals surface area contributed by atoms with Gasteiger partial charge in [-0.1, -0.05) is 35.0 Å². The van der Waals surface area contributed by atoms with E-state index >= 15 is 0 Å². The quantitative estimate of drug-likeness (QED) is 0.486. The molecule has 9 heteroatoms. The van der Waals surface area contributed by atoms with Crippen molar-refractivity contribution in [3.05, 3.63) is 52.0 Å². The normalized spacial score (nSPS) is 10.7. The third-order valence-electron chi connectivity index (χ3n) is 3.31. The predicted octanol–water partition coefficient (Wildman–Crippen LogP) is 4.65. The maximum absolute atomic E-state index is 12.1. The van der Waals surface area contributed by atoms with Gasteiger partial charge < -0.3 is 14.5 Å².